The van der Waals surface area contributed by atoms with Gasteiger partial charge in [-0.05, 0) is 5.92 Å². The number of hydrogen-bond acceptors (Lipinski definition) is 3. The van der Waals surface area contributed by atoms with Crippen molar-refractivity contribution >= 4 is 12.0 Å². The zero-order valence-corrected chi connectivity index (χ0v) is 12.7. The minimum absolute atomic E-state index is 0.247. The molecule has 0 saturated carbocycles. The molecule has 0 aliphatic carbocycles. The topological polar surface area (TPSA) is 89.5 Å². The first-order valence-corrected chi connectivity index (χ1v) is 7.19. The number of nitrogens with zero attached hydrogens (tertiary/aromatic N) is 3. The first-order valence-electron chi connectivity index (χ1n) is 7.19. The van der Waals surface area contributed by atoms with Crippen molar-refractivity contribution in [3.05, 3.63) is 17.7 Å². The lowest BCUT2D eigenvalue weighted by Gasteiger charge is -2.35. The Morgan fingerprint density at radius 2 is 2.33 bits per heavy atom. The fourth-order valence-electron chi connectivity index (χ4n) is 2.55. The molecule has 2 amide bonds. The van der Waals surface area contributed by atoms with Crippen molar-refractivity contribution in [3.8, 4) is 0 Å². The average molecular weight is 294 g/mol. The number of hydrogen-bond donors (Lipinski definition) is 2. The molecule has 1 aromatic rings. The highest BCUT2D eigenvalue weighted by Gasteiger charge is 2.37. The zero-order valence-electron chi connectivity index (χ0n) is 12.7. The molecule has 116 valence electrons. The number of carboxylic acids is 1. The Balaban J connectivity index is 2.16. The standard InChI is InChI=1S/C14H22N4O3/c1-4-9(2)6-17(3)14(21)18-7-11-10(15-8-16-11)5-12(18)13(19)20/h8-9,12H,4-7H2,1-3H3,(H,15,16)(H,19,20). The van der Waals surface area contributed by atoms with Crippen molar-refractivity contribution in [3.63, 3.8) is 0 Å². The van der Waals surface area contributed by atoms with Gasteiger partial charge in [-0.25, -0.2) is 14.6 Å². The fraction of sp³-hybridized carbons (Fsp3) is 0.643. The van der Waals surface area contributed by atoms with E-state index in [-0.39, 0.29) is 19.0 Å². The normalized spacial score (nSPS) is 19.0. The van der Waals surface area contributed by atoms with Crippen LogP contribution < -0.4 is 0 Å². The smallest absolute Gasteiger partial charge is 0.326 e. The highest BCUT2D eigenvalue weighted by molar-refractivity contribution is 5.83. The van der Waals surface area contributed by atoms with Crippen LogP contribution in [0.3, 0.4) is 0 Å². The minimum atomic E-state index is -0.992. The molecule has 2 atom stereocenters. The average Bonchev–Trinajstić information content (AvgIpc) is 2.91. The van der Waals surface area contributed by atoms with Crippen LogP contribution in [0.25, 0.3) is 0 Å². The number of rotatable bonds is 4. The van der Waals surface area contributed by atoms with Gasteiger partial charge in [-0.3, -0.25) is 0 Å². The molecule has 0 saturated heterocycles. The van der Waals surface area contributed by atoms with Gasteiger partial charge >= 0.3 is 12.0 Å². The first kappa shape index (κ1) is 15.3. The summed E-state index contributed by atoms with van der Waals surface area (Å²) in [5, 5.41) is 9.38. The highest BCUT2D eigenvalue weighted by Crippen LogP contribution is 2.22. The number of aromatic nitrogens is 2. The van der Waals surface area contributed by atoms with Crippen molar-refractivity contribution in [2.24, 2.45) is 5.92 Å². The van der Waals surface area contributed by atoms with E-state index in [0.29, 0.717) is 12.5 Å². The molecule has 1 aliphatic heterocycles. The monoisotopic (exact) mass is 294 g/mol. The van der Waals surface area contributed by atoms with E-state index in [2.05, 4.69) is 23.8 Å². The summed E-state index contributed by atoms with van der Waals surface area (Å²) in [6.45, 7) is 5.02. The third-order valence-corrected chi connectivity index (χ3v) is 4.04. The van der Waals surface area contributed by atoms with E-state index in [1.165, 1.54) is 4.90 Å². The van der Waals surface area contributed by atoms with Gasteiger partial charge in [-0.2, -0.15) is 0 Å². The lowest BCUT2D eigenvalue weighted by molar-refractivity contribution is -0.142. The number of imidazole rings is 1. The Morgan fingerprint density at radius 3 is 2.95 bits per heavy atom. The van der Waals surface area contributed by atoms with Crippen LogP contribution in [0.1, 0.15) is 31.7 Å². The van der Waals surface area contributed by atoms with Gasteiger partial charge in [-0.15, -0.1) is 0 Å². The molecule has 0 spiro atoms. The number of H-pyrrole nitrogens is 1. The van der Waals surface area contributed by atoms with Crippen LogP contribution in [0.15, 0.2) is 6.33 Å². The van der Waals surface area contributed by atoms with Crippen LogP contribution in [0.4, 0.5) is 4.79 Å². The van der Waals surface area contributed by atoms with Crippen LogP contribution in [-0.4, -0.2) is 56.5 Å². The second kappa shape index (κ2) is 6.15. The van der Waals surface area contributed by atoms with E-state index in [9.17, 15) is 14.7 Å². The second-order valence-corrected chi connectivity index (χ2v) is 5.69. The molecule has 2 rings (SSSR count). The first-order chi connectivity index (χ1) is 9.93. The summed E-state index contributed by atoms with van der Waals surface area (Å²) in [5.74, 6) is -0.608. The van der Waals surface area contributed by atoms with E-state index in [0.717, 1.165) is 17.8 Å². The molecule has 7 nitrogen and oxygen atoms in total. The largest absolute Gasteiger partial charge is 0.480 e. The predicted octanol–water partition coefficient (Wildman–Crippen LogP) is 1.32. The summed E-state index contributed by atoms with van der Waals surface area (Å²) in [5.41, 5.74) is 1.55. The Hall–Kier alpha value is -2.05. The lowest BCUT2D eigenvalue weighted by atomic mass is 10.0. The van der Waals surface area contributed by atoms with E-state index in [4.69, 9.17) is 0 Å². The number of nitrogens with one attached hydrogen (secondary N) is 1. The van der Waals surface area contributed by atoms with Crippen LogP contribution >= 0.6 is 0 Å². The second-order valence-electron chi connectivity index (χ2n) is 5.69. The van der Waals surface area contributed by atoms with Crippen LogP contribution in [0.5, 0.6) is 0 Å². The molecule has 1 aliphatic rings. The van der Waals surface area contributed by atoms with Gasteiger partial charge in [0, 0.05) is 20.0 Å². The van der Waals surface area contributed by atoms with E-state index in [1.54, 1.807) is 18.3 Å². The van der Waals surface area contributed by atoms with Crippen molar-refractivity contribution in [1.29, 1.82) is 0 Å². The van der Waals surface area contributed by atoms with Gasteiger partial charge in [0.15, 0.2) is 0 Å². The number of fused-ring (bicyclic) bond motifs is 1. The number of carbonyl (C=O) groups is 2. The van der Waals surface area contributed by atoms with Gasteiger partial charge in [0.1, 0.15) is 6.04 Å². The van der Waals surface area contributed by atoms with Gasteiger partial charge < -0.3 is 19.9 Å². The highest BCUT2D eigenvalue weighted by atomic mass is 16.4. The summed E-state index contributed by atoms with van der Waals surface area (Å²) in [6, 6.07) is -1.10. The predicted molar refractivity (Wildman–Crippen MR) is 76.7 cm³/mol. The Labute approximate surface area is 124 Å². The maximum atomic E-state index is 12.6. The molecule has 0 aromatic carbocycles. The molecular weight excluding hydrogens is 272 g/mol. The number of aliphatic carboxylic acids is 1. The fourth-order valence-corrected chi connectivity index (χ4v) is 2.55. The number of carbonyl (C=O) groups excluding carboxylic acids is 1. The van der Waals surface area contributed by atoms with Gasteiger partial charge in [0.05, 0.1) is 24.3 Å². The van der Waals surface area contributed by atoms with Gasteiger partial charge in [0.2, 0.25) is 0 Å². The van der Waals surface area contributed by atoms with Crippen LogP contribution in [0, 0.1) is 5.92 Å². The molecular formula is C14H22N4O3. The minimum Gasteiger partial charge on any atom is -0.480 e. The third-order valence-electron chi connectivity index (χ3n) is 4.04. The Kier molecular flexibility index (Phi) is 4.50. The molecule has 2 heterocycles. The van der Waals surface area contributed by atoms with Crippen LogP contribution in [-0.2, 0) is 17.8 Å². The quantitative estimate of drug-likeness (QED) is 0.876. The van der Waals surface area contributed by atoms with E-state index < -0.39 is 12.0 Å². The maximum Gasteiger partial charge on any atom is 0.326 e. The van der Waals surface area contributed by atoms with Gasteiger partial charge in [0.25, 0.3) is 0 Å². The number of aromatic amines is 1. The molecule has 2 unspecified atom stereocenters. The molecule has 7 heteroatoms. The summed E-state index contributed by atoms with van der Waals surface area (Å²) in [6.07, 6.45) is 2.77. The zero-order chi connectivity index (χ0) is 15.6. The third kappa shape index (κ3) is 3.17. The Bertz CT molecular complexity index is 528. The van der Waals surface area contributed by atoms with Crippen molar-refractivity contribution in [1.82, 2.24) is 19.8 Å². The lowest BCUT2D eigenvalue weighted by Crippen LogP contribution is -2.53. The summed E-state index contributed by atoms with van der Waals surface area (Å²) < 4.78 is 0. The molecule has 0 fully saturated rings. The molecule has 1 aromatic heterocycles. The summed E-state index contributed by atoms with van der Waals surface area (Å²) in [7, 11) is 1.72. The summed E-state index contributed by atoms with van der Waals surface area (Å²) in [4.78, 5) is 34.1. The molecule has 2 N–H and O–H groups in total. The van der Waals surface area contributed by atoms with Crippen molar-refractivity contribution in [2.45, 2.75) is 39.3 Å². The SMILES string of the molecule is CCC(C)CN(C)C(=O)N1Cc2[nH]cnc2CC1C(=O)O. The van der Waals surface area contributed by atoms with E-state index in [1.807, 2.05) is 0 Å². The Morgan fingerprint density at radius 1 is 1.62 bits per heavy atom. The molecule has 0 bridgehead atoms. The molecule has 0 radical (unpaired) electrons. The van der Waals surface area contributed by atoms with Crippen LogP contribution in [0.2, 0.25) is 0 Å². The number of carboxylic acid groups (broad SMARTS) is 1. The number of amides is 2. The number of urea groups is 1. The summed E-state index contributed by atoms with van der Waals surface area (Å²) >= 11 is 0. The molecule has 21 heavy (non-hydrogen) atoms. The van der Waals surface area contributed by atoms with E-state index >= 15 is 0 Å². The maximum absolute atomic E-state index is 12.6. The van der Waals surface area contributed by atoms with Crippen molar-refractivity contribution in [2.75, 3.05) is 13.6 Å². The van der Waals surface area contributed by atoms with Gasteiger partial charge in [-0.1, -0.05) is 20.3 Å². The van der Waals surface area contributed by atoms with Crippen molar-refractivity contribution < 1.29 is 14.7 Å².